The molecule has 1 aliphatic heterocycles. The summed E-state index contributed by atoms with van der Waals surface area (Å²) in [4.78, 5) is 1.20. The van der Waals surface area contributed by atoms with Crippen molar-refractivity contribution >= 4 is 11.3 Å². The zero-order valence-corrected chi connectivity index (χ0v) is 9.29. The molecule has 1 N–H and O–H groups in total. The van der Waals surface area contributed by atoms with E-state index in [0.717, 1.165) is 25.1 Å². The predicted octanol–water partition coefficient (Wildman–Crippen LogP) is 2.99. The van der Waals surface area contributed by atoms with E-state index in [1.54, 1.807) is 11.3 Å². The highest BCUT2D eigenvalue weighted by molar-refractivity contribution is 7.10. The molecule has 2 heterocycles. The highest BCUT2D eigenvalue weighted by atomic mass is 32.1. The molecule has 1 unspecified atom stereocenters. The van der Waals surface area contributed by atoms with Crippen LogP contribution >= 0.6 is 11.3 Å². The molecule has 0 aromatic carbocycles. The number of aryl methyl sites for hydroxylation is 1. The van der Waals surface area contributed by atoms with Crippen LogP contribution in [0.2, 0.25) is 0 Å². The largest absolute Gasteiger partial charge is 0.317 e. The predicted molar refractivity (Wildman–Crippen MR) is 58.6 cm³/mol. The van der Waals surface area contributed by atoms with Crippen molar-refractivity contribution in [3.8, 4) is 0 Å². The van der Waals surface area contributed by atoms with Gasteiger partial charge in [0.25, 0.3) is 0 Å². The van der Waals surface area contributed by atoms with E-state index in [0.29, 0.717) is 12.8 Å². The van der Waals surface area contributed by atoms with E-state index in [-0.39, 0.29) is 0 Å². The molecule has 1 atom stereocenters. The van der Waals surface area contributed by atoms with Gasteiger partial charge in [-0.3, -0.25) is 0 Å². The van der Waals surface area contributed by atoms with E-state index in [2.05, 4.69) is 5.32 Å². The molecule has 1 nitrogen and oxygen atoms in total. The Hall–Kier alpha value is -0.410. The van der Waals surface area contributed by atoms with Crippen molar-refractivity contribution in [2.24, 2.45) is 0 Å². The van der Waals surface area contributed by atoms with Gasteiger partial charge in [-0.15, -0.1) is 11.3 Å². The Morgan fingerprint density at radius 1 is 1.43 bits per heavy atom. The van der Waals surface area contributed by atoms with Gasteiger partial charge >= 0.3 is 0 Å². The zero-order chi connectivity index (χ0) is 10.0. The van der Waals surface area contributed by atoms with Crippen LogP contribution in [0.3, 0.4) is 0 Å². The molecule has 0 amide bonds. The van der Waals surface area contributed by atoms with E-state index in [1.807, 2.05) is 18.4 Å². The van der Waals surface area contributed by atoms with Crippen molar-refractivity contribution in [3.05, 3.63) is 21.9 Å². The first kappa shape index (κ1) is 10.1. The average molecular weight is 213 g/mol. The molecule has 0 aliphatic carbocycles. The van der Waals surface area contributed by atoms with Gasteiger partial charge in [0.2, 0.25) is 0 Å². The fraction of sp³-hybridized carbons (Fsp3) is 0.636. The topological polar surface area (TPSA) is 12.0 Å². The Morgan fingerprint density at radius 2 is 2.29 bits per heavy atom. The minimum absolute atomic E-state index is 0.614. The lowest BCUT2D eigenvalue weighted by Gasteiger charge is -2.22. The van der Waals surface area contributed by atoms with Crippen LogP contribution in [-0.2, 0) is 5.67 Å². The smallest absolute Gasteiger partial charge is 0.138 e. The van der Waals surface area contributed by atoms with Gasteiger partial charge in [-0.1, -0.05) is 0 Å². The summed E-state index contributed by atoms with van der Waals surface area (Å²) < 4.78 is 14.5. The van der Waals surface area contributed by atoms with Crippen LogP contribution in [0.25, 0.3) is 0 Å². The second-order valence-electron chi connectivity index (χ2n) is 4.01. The number of rotatable bonds is 1. The Balaban J connectivity index is 2.20. The summed E-state index contributed by atoms with van der Waals surface area (Å²) in [5, 5.41) is 5.22. The van der Waals surface area contributed by atoms with Crippen molar-refractivity contribution in [2.75, 3.05) is 13.1 Å². The molecule has 0 radical (unpaired) electrons. The Labute approximate surface area is 88.3 Å². The van der Waals surface area contributed by atoms with Gasteiger partial charge in [0.15, 0.2) is 0 Å². The second-order valence-corrected chi connectivity index (χ2v) is 5.13. The summed E-state index contributed by atoms with van der Waals surface area (Å²) in [7, 11) is 0. The molecule has 1 aliphatic rings. The monoisotopic (exact) mass is 213 g/mol. The third-order valence-electron chi connectivity index (χ3n) is 2.87. The van der Waals surface area contributed by atoms with Crippen LogP contribution in [0.4, 0.5) is 4.39 Å². The number of nitrogens with one attached hydrogen (secondary N) is 1. The average Bonchev–Trinajstić information content (AvgIpc) is 2.47. The molecule has 2 rings (SSSR count). The van der Waals surface area contributed by atoms with Crippen LogP contribution in [0, 0.1) is 6.92 Å². The molecule has 0 spiro atoms. The molecule has 1 aromatic heterocycles. The molecule has 1 aromatic rings. The van der Waals surface area contributed by atoms with Crippen molar-refractivity contribution in [2.45, 2.75) is 31.9 Å². The maximum atomic E-state index is 14.5. The second kappa shape index (κ2) is 3.99. The van der Waals surface area contributed by atoms with Gasteiger partial charge in [0.05, 0.1) is 0 Å². The fourth-order valence-corrected chi connectivity index (χ4v) is 2.78. The van der Waals surface area contributed by atoms with Crippen LogP contribution in [0.15, 0.2) is 11.4 Å². The van der Waals surface area contributed by atoms with Crippen LogP contribution in [0.5, 0.6) is 0 Å². The lowest BCUT2D eigenvalue weighted by atomic mass is 9.90. The zero-order valence-electron chi connectivity index (χ0n) is 8.48. The quantitative estimate of drug-likeness (QED) is 0.756. The van der Waals surface area contributed by atoms with Crippen molar-refractivity contribution < 1.29 is 4.39 Å². The molecular weight excluding hydrogens is 197 g/mol. The standard InChI is InChI=1S/C11H16FNS/c1-9-7-10(8-14-9)11(12)3-2-5-13-6-4-11/h7-8,13H,2-6H2,1H3. The SMILES string of the molecule is Cc1cc(C2(F)CCCNCC2)cs1. The van der Waals surface area contributed by atoms with E-state index in [4.69, 9.17) is 0 Å². The van der Waals surface area contributed by atoms with Crippen LogP contribution in [-0.4, -0.2) is 13.1 Å². The maximum Gasteiger partial charge on any atom is 0.138 e. The summed E-state index contributed by atoms with van der Waals surface area (Å²) in [5.74, 6) is 0. The Kier molecular flexibility index (Phi) is 2.88. The normalized spacial score (nSPS) is 28.7. The number of alkyl halides is 1. The van der Waals surface area contributed by atoms with Gasteiger partial charge in [-0.2, -0.15) is 0 Å². The first-order chi connectivity index (χ1) is 6.71. The lowest BCUT2D eigenvalue weighted by molar-refractivity contribution is 0.145. The molecule has 3 heteroatoms. The summed E-state index contributed by atoms with van der Waals surface area (Å²) >= 11 is 1.64. The summed E-state index contributed by atoms with van der Waals surface area (Å²) in [6.07, 6.45) is 2.21. The number of hydrogen-bond donors (Lipinski definition) is 1. The highest BCUT2D eigenvalue weighted by Crippen LogP contribution is 2.37. The lowest BCUT2D eigenvalue weighted by Crippen LogP contribution is -2.21. The van der Waals surface area contributed by atoms with E-state index < -0.39 is 5.67 Å². The minimum Gasteiger partial charge on any atom is -0.317 e. The van der Waals surface area contributed by atoms with E-state index >= 15 is 0 Å². The molecule has 0 saturated carbocycles. The van der Waals surface area contributed by atoms with Gasteiger partial charge in [0, 0.05) is 4.88 Å². The first-order valence-corrected chi connectivity index (χ1v) is 6.04. The number of halogens is 1. The van der Waals surface area contributed by atoms with Crippen molar-refractivity contribution in [1.29, 1.82) is 0 Å². The van der Waals surface area contributed by atoms with Gasteiger partial charge in [-0.05, 0) is 56.3 Å². The Bertz CT molecular complexity index is 300. The molecule has 0 bridgehead atoms. The molecule has 14 heavy (non-hydrogen) atoms. The van der Waals surface area contributed by atoms with Crippen molar-refractivity contribution in [1.82, 2.24) is 5.32 Å². The molecule has 1 fully saturated rings. The van der Waals surface area contributed by atoms with Gasteiger partial charge in [0.1, 0.15) is 5.67 Å². The van der Waals surface area contributed by atoms with Crippen molar-refractivity contribution in [3.63, 3.8) is 0 Å². The summed E-state index contributed by atoms with van der Waals surface area (Å²) in [5.41, 5.74) is -0.183. The minimum atomic E-state index is -1.08. The molecule has 1 saturated heterocycles. The maximum absolute atomic E-state index is 14.5. The van der Waals surface area contributed by atoms with Crippen LogP contribution in [0.1, 0.15) is 29.7 Å². The van der Waals surface area contributed by atoms with Gasteiger partial charge < -0.3 is 5.32 Å². The molecular formula is C11H16FNS. The van der Waals surface area contributed by atoms with E-state index in [9.17, 15) is 4.39 Å². The van der Waals surface area contributed by atoms with Crippen LogP contribution < -0.4 is 5.32 Å². The Morgan fingerprint density at radius 3 is 3.00 bits per heavy atom. The highest BCUT2D eigenvalue weighted by Gasteiger charge is 2.32. The van der Waals surface area contributed by atoms with Gasteiger partial charge in [-0.25, -0.2) is 4.39 Å². The molecule has 78 valence electrons. The first-order valence-electron chi connectivity index (χ1n) is 5.16. The summed E-state index contributed by atoms with van der Waals surface area (Å²) in [6, 6.07) is 2.00. The van der Waals surface area contributed by atoms with E-state index in [1.165, 1.54) is 4.88 Å². The fourth-order valence-electron chi connectivity index (χ4n) is 2.00. The summed E-state index contributed by atoms with van der Waals surface area (Å²) in [6.45, 7) is 3.78. The third-order valence-corrected chi connectivity index (χ3v) is 3.73. The number of hydrogen-bond acceptors (Lipinski definition) is 2. The number of thiophene rings is 1. The third kappa shape index (κ3) is 1.98.